The Labute approximate surface area is 163 Å². The zero-order chi connectivity index (χ0) is 20.1. The fraction of sp³-hybridized carbons (Fsp3) is 0.167. The first-order valence-corrected chi connectivity index (χ1v) is 8.62. The molecule has 2 aliphatic heterocycles. The Morgan fingerprint density at radius 2 is 1.96 bits per heavy atom. The first-order chi connectivity index (χ1) is 13.3. The molecule has 0 radical (unpaired) electrons. The molecule has 0 bridgehead atoms. The van der Waals surface area contributed by atoms with E-state index in [9.17, 15) is 18.8 Å². The number of hydrogen-bond acceptors (Lipinski definition) is 5. The van der Waals surface area contributed by atoms with Crippen molar-refractivity contribution in [2.45, 2.75) is 18.1 Å². The molecule has 0 saturated carbocycles. The number of fused-ring (bicyclic) bond motifs is 2. The summed E-state index contributed by atoms with van der Waals surface area (Å²) in [6.45, 7) is 0. The van der Waals surface area contributed by atoms with E-state index in [-0.39, 0.29) is 17.7 Å². The molecule has 2 aromatic carbocycles. The number of carbonyl (C=O) groups is 3. The molecule has 0 aromatic heterocycles. The van der Waals surface area contributed by atoms with Gasteiger partial charge in [0.2, 0.25) is 0 Å². The van der Waals surface area contributed by atoms with E-state index in [1.54, 1.807) is 24.3 Å². The molecule has 2 aliphatic rings. The Hall–Kier alpha value is -3.17. The molecule has 2 atom stereocenters. The summed E-state index contributed by atoms with van der Waals surface area (Å²) in [4.78, 5) is 37.2. The molecule has 4 N–H and O–H groups in total. The van der Waals surface area contributed by atoms with Crippen molar-refractivity contribution < 1.29 is 23.5 Å². The molecule has 2 unspecified atom stereocenters. The number of imide groups is 1. The fourth-order valence-corrected chi connectivity index (χ4v) is 3.49. The van der Waals surface area contributed by atoms with Gasteiger partial charge in [0.15, 0.2) is 11.6 Å². The van der Waals surface area contributed by atoms with E-state index in [0.29, 0.717) is 10.7 Å². The fourth-order valence-electron chi connectivity index (χ4n) is 3.37. The average molecular weight is 405 g/mol. The van der Waals surface area contributed by atoms with Crippen LogP contribution in [-0.2, 0) is 15.1 Å². The van der Waals surface area contributed by atoms with Crippen LogP contribution in [0.3, 0.4) is 0 Å². The van der Waals surface area contributed by atoms with E-state index < -0.39 is 35.3 Å². The van der Waals surface area contributed by atoms with E-state index in [4.69, 9.17) is 22.2 Å². The average Bonchev–Trinajstić information content (AvgIpc) is 2.95. The number of nitrogens with zero attached hydrogens (tertiary/aromatic N) is 1. The Morgan fingerprint density at radius 3 is 2.61 bits per heavy atom. The number of urea groups is 1. The van der Waals surface area contributed by atoms with Crippen LogP contribution in [0.1, 0.15) is 12.0 Å². The molecule has 2 aromatic rings. The third-order valence-electron chi connectivity index (χ3n) is 4.72. The SMILES string of the molecule is NN(C(=O)C1CC2(NC(=O)NC2=O)c2cc(F)ccc2O1)c1ccc(Cl)cc1. The second-order valence-electron chi connectivity index (χ2n) is 6.45. The van der Waals surface area contributed by atoms with E-state index >= 15 is 0 Å². The summed E-state index contributed by atoms with van der Waals surface area (Å²) >= 11 is 5.84. The second-order valence-corrected chi connectivity index (χ2v) is 6.89. The first-order valence-electron chi connectivity index (χ1n) is 8.25. The van der Waals surface area contributed by atoms with Crippen molar-refractivity contribution in [1.82, 2.24) is 10.6 Å². The van der Waals surface area contributed by atoms with E-state index in [2.05, 4.69) is 10.6 Å². The van der Waals surface area contributed by atoms with Crippen molar-refractivity contribution in [1.29, 1.82) is 0 Å². The van der Waals surface area contributed by atoms with Crippen molar-refractivity contribution in [3.05, 3.63) is 58.9 Å². The maximum absolute atomic E-state index is 13.8. The highest BCUT2D eigenvalue weighted by Gasteiger charge is 2.55. The summed E-state index contributed by atoms with van der Waals surface area (Å²) in [5.74, 6) is 4.08. The molecule has 4 amide bonds. The second kappa shape index (κ2) is 6.47. The summed E-state index contributed by atoms with van der Waals surface area (Å²) < 4.78 is 19.5. The van der Waals surface area contributed by atoms with Crippen LogP contribution in [0, 0.1) is 5.82 Å². The standard InChI is InChI=1S/C18H14ClFN4O4/c19-9-1-4-11(5-2-9)24(21)15(25)14-8-18(16(26)22-17(27)23-18)12-7-10(20)3-6-13(12)28-14/h1-7,14H,8,21H2,(H2,22,23,26,27). The van der Waals surface area contributed by atoms with Gasteiger partial charge < -0.3 is 10.1 Å². The third kappa shape index (κ3) is 2.85. The van der Waals surface area contributed by atoms with Crippen LogP contribution in [0.4, 0.5) is 14.9 Å². The molecule has 4 rings (SSSR count). The molecule has 8 nitrogen and oxygen atoms in total. The van der Waals surface area contributed by atoms with Crippen molar-refractivity contribution in [3.8, 4) is 5.75 Å². The minimum atomic E-state index is -1.63. The van der Waals surface area contributed by atoms with Crippen LogP contribution < -0.4 is 26.2 Å². The maximum atomic E-state index is 13.8. The lowest BCUT2D eigenvalue weighted by Crippen LogP contribution is -2.56. The van der Waals surface area contributed by atoms with Crippen LogP contribution in [0.5, 0.6) is 5.75 Å². The van der Waals surface area contributed by atoms with Gasteiger partial charge in [0.05, 0.1) is 5.69 Å². The zero-order valence-corrected chi connectivity index (χ0v) is 15.0. The summed E-state index contributed by atoms with van der Waals surface area (Å²) in [6.07, 6.45) is -1.44. The minimum Gasteiger partial charge on any atom is -0.480 e. The number of amides is 4. The van der Waals surface area contributed by atoms with Gasteiger partial charge in [-0.1, -0.05) is 11.6 Å². The lowest BCUT2D eigenvalue weighted by atomic mass is 9.81. The van der Waals surface area contributed by atoms with Crippen molar-refractivity contribution in [2.24, 2.45) is 5.84 Å². The molecule has 2 heterocycles. The van der Waals surface area contributed by atoms with Crippen LogP contribution in [0.25, 0.3) is 0 Å². The normalized spacial score (nSPS) is 22.9. The number of anilines is 1. The maximum Gasteiger partial charge on any atom is 0.322 e. The zero-order valence-electron chi connectivity index (χ0n) is 14.2. The molecule has 1 spiro atoms. The third-order valence-corrected chi connectivity index (χ3v) is 4.97. The number of benzene rings is 2. The molecule has 28 heavy (non-hydrogen) atoms. The number of hydrazine groups is 1. The summed E-state index contributed by atoms with van der Waals surface area (Å²) in [5.41, 5.74) is -1.14. The summed E-state index contributed by atoms with van der Waals surface area (Å²) in [7, 11) is 0. The number of rotatable bonds is 2. The smallest absolute Gasteiger partial charge is 0.322 e. The predicted octanol–water partition coefficient (Wildman–Crippen LogP) is 1.57. The van der Waals surface area contributed by atoms with Crippen molar-refractivity contribution in [2.75, 3.05) is 5.01 Å². The Balaban J connectivity index is 1.71. The number of nitrogens with two attached hydrogens (primary N) is 1. The van der Waals surface area contributed by atoms with Gasteiger partial charge in [-0.15, -0.1) is 0 Å². The van der Waals surface area contributed by atoms with Crippen LogP contribution in [-0.4, -0.2) is 23.9 Å². The Bertz CT molecular complexity index is 1000. The van der Waals surface area contributed by atoms with Gasteiger partial charge in [0, 0.05) is 17.0 Å². The van der Waals surface area contributed by atoms with E-state index in [1.807, 2.05) is 0 Å². The molecular weight excluding hydrogens is 391 g/mol. The molecule has 0 aliphatic carbocycles. The number of halogens is 2. The Morgan fingerprint density at radius 1 is 1.25 bits per heavy atom. The predicted molar refractivity (Wildman–Crippen MR) is 96.9 cm³/mol. The first kappa shape index (κ1) is 18.2. The minimum absolute atomic E-state index is 0.104. The number of hydrogen-bond donors (Lipinski definition) is 3. The monoisotopic (exact) mass is 404 g/mol. The highest BCUT2D eigenvalue weighted by molar-refractivity contribution is 6.30. The van der Waals surface area contributed by atoms with Gasteiger partial charge >= 0.3 is 6.03 Å². The highest BCUT2D eigenvalue weighted by Crippen LogP contribution is 2.42. The molecule has 1 fully saturated rings. The van der Waals surface area contributed by atoms with Crippen LogP contribution >= 0.6 is 11.6 Å². The lowest BCUT2D eigenvalue weighted by molar-refractivity contribution is -0.131. The highest BCUT2D eigenvalue weighted by atomic mass is 35.5. The largest absolute Gasteiger partial charge is 0.480 e. The van der Waals surface area contributed by atoms with Gasteiger partial charge in [0.1, 0.15) is 11.6 Å². The van der Waals surface area contributed by atoms with Crippen molar-refractivity contribution in [3.63, 3.8) is 0 Å². The quantitative estimate of drug-likeness (QED) is 0.304. The van der Waals surface area contributed by atoms with Crippen LogP contribution in [0.2, 0.25) is 5.02 Å². The summed E-state index contributed by atoms with van der Waals surface area (Å²) in [5, 5.41) is 5.97. The lowest BCUT2D eigenvalue weighted by Gasteiger charge is -2.37. The van der Waals surface area contributed by atoms with Gasteiger partial charge in [-0.2, -0.15) is 0 Å². The molecule has 1 saturated heterocycles. The number of nitrogens with one attached hydrogen (secondary N) is 2. The molecule has 10 heteroatoms. The Kier molecular flexibility index (Phi) is 4.20. The molecular formula is C18H14ClFN4O4. The van der Waals surface area contributed by atoms with Gasteiger partial charge in [-0.3, -0.25) is 14.9 Å². The van der Waals surface area contributed by atoms with Crippen LogP contribution in [0.15, 0.2) is 42.5 Å². The van der Waals surface area contributed by atoms with Gasteiger partial charge in [0.25, 0.3) is 11.8 Å². The number of ether oxygens (including phenoxy) is 1. The molecule has 144 valence electrons. The van der Waals surface area contributed by atoms with Gasteiger partial charge in [-0.05, 0) is 42.5 Å². The summed E-state index contributed by atoms with van der Waals surface area (Å²) in [6, 6.07) is 9.01. The number of carbonyl (C=O) groups excluding carboxylic acids is 3. The van der Waals surface area contributed by atoms with Crippen molar-refractivity contribution >= 4 is 35.1 Å². The van der Waals surface area contributed by atoms with E-state index in [1.165, 1.54) is 6.07 Å². The van der Waals surface area contributed by atoms with E-state index in [0.717, 1.165) is 17.1 Å². The van der Waals surface area contributed by atoms with Gasteiger partial charge in [-0.25, -0.2) is 20.0 Å². The topological polar surface area (TPSA) is 114 Å².